The van der Waals surface area contributed by atoms with Crippen molar-refractivity contribution < 1.29 is 19.3 Å². The Kier molecular flexibility index (Phi) is 5.20. The number of hydrogen-bond acceptors (Lipinski definition) is 2. The molecular formula is C26H29ClN4O2+2. The Bertz CT molecular complexity index is 1260. The minimum Gasteiger partial charge on any atom is -0.507 e. The summed E-state index contributed by atoms with van der Waals surface area (Å²) >= 11 is 6.39. The van der Waals surface area contributed by atoms with Crippen molar-refractivity contribution in [2.45, 2.75) is 52.4 Å². The first-order chi connectivity index (χ1) is 15.7. The predicted molar refractivity (Wildman–Crippen MR) is 126 cm³/mol. The van der Waals surface area contributed by atoms with Gasteiger partial charge in [-0.15, -0.1) is 0 Å². The highest BCUT2D eigenvalue weighted by atomic mass is 35.5. The quantitative estimate of drug-likeness (QED) is 0.343. The van der Waals surface area contributed by atoms with Gasteiger partial charge in [-0.3, -0.25) is 0 Å². The summed E-state index contributed by atoms with van der Waals surface area (Å²) in [5.74, 6) is 0.606. The second kappa shape index (κ2) is 7.96. The Hall–Kier alpha value is -3.25. The van der Waals surface area contributed by atoms with Crippen molar-refractivity contribution in [1.29, 1.82) is 0 Å². The van der Waals surface area contributed by atoms with E-state index in [0.717, 1.165) is 22.3 Å². The molecule has 2 aromatic carbocycles. The maximum absolute atomic E-state index is 11.2. The molecule has 6 nitrogen and oxygen atoms in total. The summed E-state index contributed by atoms with van der Waals surface area (Å²) in [4.78, 5) is 0. The fraction of sp³-hybridized carbons (Fsp3) is 0.308. The van der Waals surface area contributed by atoms with Gasteiger partial charge in [-0.25, -0.2) is 18.3 Å². The molecule has 0 atom stereocenters. The first-order valence-electron chi connectivity index (χ1n) is 11.1. The molecule has 0 spiro atoms. The van der Waals surface area contributed by atoms with Gasteiger partial charge in [-0.2, -0.15) is 0 Å². The van der Waals surface area contributed by atoms with E-state index in [-0.39, 0.29) is 11.2 Å². The number of benzene rings is 2. The van der Waals surface area contributed by atoms with Crippen LogP contribution in [-0.4, -0.2) is 19.3 Å². The van der Waals surface area contributed by atoms with E-state index in [1.807, 2.05) is 67.8 Å². The Balaban J connectivity index is 1.66. The van der Waals surface area contributed by atoms with Crippen LogP contribution < -0.4 is 9.13 Å². The number of rotatable bonds is 0. The molecule has 0 aliphatic carbocycles. The van der Waals surface area contributed by atoms with Crippen LogP contribution in [0.25, 0.3) is 0 Å². The van der Waals surface area contributed by atoms with Gasteiger partial charge < -0.3 is 10.2 Å². The van der Waals surface area contributed by atoms with Crippen LogP contribution in [0.5, 0.6) is 11.5 Å². The van der Waals surface area contributed by atoms with Gasteiger partial charge >= 0.3 is 0 Å². The summed E-state index contributed by atoms with van der Waals surface area (Å²) in [6, 6.07) is 7.84. The van der Waals surface area contributed by atoms with Crippen LogP contribution in [-0.2, 0) is 31.6 Å². The molecule has 5 rings (SSSR count). The Morgan fingerprint density at radius 1 is 0.758 bits per heavy atom. The zero-order valence-corrected chi connectivity index (χ0v) is 19.9. The summed E-state index contributed by atoms with van der Waals surface area (Å²) in [6.45, 7) is 8.67. The van der Waals surface area contributed by atoms with E-state index in [1.54, 1.807) is 0 Å². The number of aromatic nitrogens is 4. The van der Waals surface area contributed by atoms with E-state index in [4.69, 9.17) is 11.6 Å². The molecule has 0 unspecified atom stereocenters. The standard InChI is InChI=1S/C26H27ClN4O2/c1-26(2,3)22-8-18-12-28-4-6-30(16-28)14-20-10-23(27)11-21(25(20)33)15-31-7-5-29(17-31)13-19(9-22)24(18)32/h4-11,16-17H,12-15H2,1-3H3/p+2. The van der Waals surface area contributed by atoms with Crippen molar-refractivity contribution in [3.05, 3.63) is 94.5 Å². The lowest BCUT2D eigenvalue weighted by atomic mass is 9.84. The number of hydrogen-bond donors (Lipinski definition) is 2. The van der Waals surface area contributed by atoms with Crippen LogP contribution >= 0.6 is 11.6 Å². The fourth-order valence-corrected chi connectivity index (χ4v) is 4.69. The van der Waals surface area contributed by atoms with Crippen molar-refractivity contribution in [3.8, 4) is 11.5 Å². The van der Waals surface area contributed by atoms with Crippen molar-refractivity contribution in [2.75, 3.05) is 0 Å². The average Bonchev–Trinajstić information content (AvgIpc) is 3.36. The highest BCUT2D eigenvalue weighted by Gasteiger charge is 2.22. The van der Waals surface area contributed by atoms with E-state index in [0.29, 0.717) is 37.0 Å². The van der Waals surface area contributed by atoms with Gasteiger partial charge in [0, 0.05) is 27.3 Å². The number of fused-ring (bicyclic) bond motifs is 8. The highest BCUT2D eigenvalue weighted by molar-refractivity contribution is 6.30. The maximum atomic E-state index is 11.2. The molecule has 2 N–H and O–H groups in total. The Labute approximate surface area is 198 Å². The van der Waals surface area contributed by atoms with Crippen LogP contribution in [0.3, 0.4) is 0 Å². The first kappa shape index (κ1) is 21.6. The lowest BCUT2D eigenvalue weighted by Crippen LogP contribution is -2.34. The molecule has 4 aromatic rings. The number of aromatic hydroxyl groups is 2. The monoisotopic (exact) mass is 464 g/mol. The van der Waals surface area contributed by atoms with E-state index in [2.05, 4.69) is 32.9 Å². The number of imidazole rings is 2. The van der Waals surface area contributed by atoms with Gasteiger partial charge in [0.1, 0.15) is 62.5 Å². The first-order valence-corrected chi connectivity index (χ1v) is 11.5. The summed E-state index contributed by atoms with van der Waals surface area (Å²) in [5, 5.41) is 22.7. The highest BCUT2D eigenvalue weighted by Crippen LogP contribution is 2.32. The summed E-state index contributed by atoms with van der Waals surface area (Å²) in [7, 11) is 0. The van der Waals surface area contributed by atoms with Gasteiger partial charge in [0.05, 0.1) is 0 Å². The largest absolute Gasteiger partial charge is 0.507 e. The zero-order valence-electron chi connectivity index (χ0n) is 19.2. The van der Waals surface area contributed by atoms with Gasteiger partial charge in [-0.1, -0.05) is 32.4 Å². The van der Waals surface area contributed by atoms with Gasteiger partial charge in [0.25, 0.3) is 0 Å². The van der Waals surface area contributed by atoms with Crippen LogP contribution in [0.15, 0.2) is 61.7 Å². The molecule has 1 aliphatic heterocycles. The summed E-state index contributed by atoms with van der Waals surface area (Å²) in [5.41, 5.74) is 4.48. The van der Waals surface area contributed by atoms with E-state index in [1.165, 1.54) is 5.56 Å². The van der Waals surface area contributed by atoms with Gasteiger partial charge in [0.15, 0.2) is 0 Å². The summed E-state index contributed by atoms with van der Waals surface area (Å²) < 4.78 is 8.11. The Morgan fingerprint density at radius 2 is 1.21 bits per heavy atom. The van der Waals surface area contributed by atoms with Crippen molar-refractivity contribution in [1.82, 2.24) is 9.13 Å². The molecule has 0 saturated carbocycles. The van der Waals surface area contributed by atoms with E-state index in [9.17, 15) is 10.2 Å². The lowest BCUT2D eigenvalue weighted by molar-refractivity contribution is -0.688. The van der Waals surface area contributed by atoms with Crippen molar-refractivity contribution in [3.63, 3.8) is 0 Å². The second-order valence-corrected chi connectivity index (χ2v) is 10.4. The lowest BCUT2D eigenvalue weighted by Gasteiger charge is -2.22. The SMILES string of the molecule is CC(C)(C)c1cc2c(O)c(c1)C[n+]1ccn(c1)Cc1cc(Cl)cc(c1O)Cn1cc[n+](c1)C2. The van der Waals surface area contributed by atoms with Crippen LogP contribution in [0.2, 0.25) is 5.02 Å². The van der Waals surface area contributed by atoms with Gasteiger partial charge in [0.2, 0.25) is 12.7 Å². The topological polar surface area (TPSA) is 58.1 Å². The van der Waals surface area contributed by atoms with E-state index < -0.39 is 0 Å². The third kappa shape index (κ3) is 4.35. The van der Waals surface area contributed by atoms with Crippen molar-refractivity contribution >= 4 is 11.6 Å². The minimum absolute atomic E-state index is 0.0369. The number of nitrogens with zero attached hydrogens (tertiary/aromatic N) is 4. The molecule has 33 heavy (non-hydrogen) atoms. The number of phenols is 2. The smallest absolute Gasteiger partial charge is 0.244 e. The molecule has 3 heterocycles. The van der Waals surface area contributed by atoms with Gasteiger partial charge in [-0.05, 0) is 35.2 Å². The molecule has 8 bridgehead atoms. The van der Waals surface area contributed by atoms with Crippen LogP contribution in [0.4, 0.5) is 0 Å². The molecule has 2 aromatic heterocycles. The molecule has 0 saturated heterocycles. The molecule has 0 amide bonds. The average molecular weight is 465 g/mol. The minimum atomic E-state index is -0.0369. The summed E-state index contributed by atoms with van der Waals surface area (Å²) in [6.07, 6.45) is 11.9. The molecule has 0 radical (unpaired) electrons. The Morgan fingerprint density at radius 3 is 1.67 bits per heavy atom. The predicted octanol–water partition coefficient (Wildman–Crippen LogP) is 3.73. The third-order valence-electron chi connectivity index (χ3n) is 6.27. The molecular weight excluding hydrogens is 436 g/mol. The normalized spacial score (nSPS) is 13.8. The van der Waals surface area contributed by atoms with Crippen LogP contribution in [0.1, 0.15) is 48.6 Å². The molecule has 0 fully saturated rings. The number of halogens is 1. The molecule has 1 aliphatic rings. The fourth-order valence-electron chi connectivity index (χ4n) is 4.43. The molecule has 170 valence electrons. The molecule has 7 heteroatoms. The maximum Gasteiger partial charge on any atom is 0.244 e. The number of phenolic OH excluding ortho intramolecular Hbond substituents is 2. The third-order valence-corrected chi connectivity index (χ3v) is 6.49. The van der Waals surface area contributed by atoms with E-state index >= 15 is 0 Å². The van der Waals surface area contributed by atoms with Crippen LogP contribution in [0, 0.1) is 0 Å². The zero-order chi connectivity index (χ0) is 23.3. The second-order valence-electron chi connectivity index (χ2n) is 9.98. The van der Waals surface area contributed by atoms with Crippen molar-refractivity contribution in [2.24, 2.45) is 0 Å².